The van der Waals surface area contributed by atoms with Crippen molar-refractivity contribution in [2.24, 2.45) is 0 Å². The van der Waals surface area contributed by atoms with Gasteiger partial charge in [0.15, 0.2) is 0 Å². The molecule has 0 saturated carbocycles. The molecule has 0 aliphatic carbocycles. The van der Waals surface area contributed by atoms with Crippen LogP contribution in [0.3, 0.4) is 0 Å². The third kappa shape index (κ3) is 2.65. The van der Waals surface area contributed by atoms with Gasteiger partial charge in [-0.2, -0.15) is 0 Å². The number of aryl methyl sites for hydroxylation is 1. The Balaban J connectivity index is 2.46. The number of carbonyl (C=O) groups is 1. The molecule has 0 atom stereocenters. The Morgan fingerprint density at radius 2 is 2.12 bits per heavy atom. The van der Waals surface area contributed by atoms with Gasteiger partial charge in [0, 0.05) is 22.4 Å². The molecule has 0 saturated heterocycles. The first-order valence-electron chi connectivity index (χ1n) is 5.00. The minimum Gasteiger partial charge on any atom is -0.481 e. The molecule has 4 nitrogen and oxygen atoms in total. The first kappa shape index (κ1) is 11.7. The molecule has 2 rings (SSSR count). The fourth-order valence-corrected chi connectivity index (χ4v) is 1.73. The predicted octanol–water partition coefficient (Wildman–Crippen LogP) is 2.46. The number of rotatable bonds is 3. The van der Waals surface area contributed by atoms with Gasteiger partial charge in [-0.3, -0.25) is 4.79 Å². The van der Waals surface area contributed by atoms with Gasteiger partial charge in [-0.15, -0.1) is 0 Å². The van der Waals surface area contributed by atoms with E-state index in [2.05, 4.69) is 0 Å². The molecule has 1 N–H and O–H groups in total. The lowest BCUT2D eigenvalue weighted by atomic mass is 10.1. The molecule has 0 spiro atoms. The summed E-state index contributed by atoms with van der Waals surface area (Å²) in [6.07, 6.45) is 0.0525. The summed E-state index contributed by atoms with van der Waals surface area (Å²) < 4.78 is 5.07. The SMILES string of the molecule is O=C(O)CCc1cc2cc(Cl)ccc2oc1=O. The van der Waals surface area contributed by atoms with Gasteiger partial charge in [0.05, 0.1) is 0 Å². The van der Waals surface area contributed by atoms with Gasteiger partial charge in [0.1, 0.15) is 5.58 Å². The Morgan fingerprint density at radius 1 is 1.35 bits per heavy atom. The number of hydrogen-bond donors (Lipinski definition) is 1. The van der Waals surface area contributed by atoms with E-state index < -0.39 is 11.6 Å². The predicted molar refractivity (Wildman–Crippen MR) is 63.5 cm³/mol. The van der Waals surface area contributed by atoms with E-state index in [9.17, 15) is 9.59 Å². The summed E-state index contributed by atoms with van der Waals surface area (Å²) >= 11 is 5.82. The molecular weight excluding hydrogens is 244 g/mol. The third-order valence-corrected chi connectivity index (χ3v) is 2.61. The number of fused-ring (bicyclic) bond motifs is 1. The van der Waals surface area contributed by atoms with E-state index in [0.29, 0.717) is 21.6 Å². The van der Waals surface area contributed by atoms with Crippen molar-refractivity contribution in [3.05, 3.63) is 45.3 Å². The summed E-state index contributed by atoms with van der Waals surface area (Å²) in [5.41, 5.74) is 0.293. The number of carboxylic acid groups (broad SMARTS) is 1. The van der Waals surface area contributed by atoms with Crippen molar-refractivity contribution in [1.29, 1.82) is 0 Å². The maximum Gasteiger partial charge on any atom is 0.339 e. The van der Waals surface area contributed by atoms with E-state index in [1.54, 1.807) is 24.3 Å². The van der Waals surface area contributed by atoms with Gasteiger partial charge < -0.3 is 9.52 Å². The molecule has 0 unspecified atom stereocenters. The highest BCUT2D eigenvalue weighted by atomic mass is 35.5. The quantitative estimate of drug-likeness (QED) is 0.852. The molecule has 1 aromatic heterocycles. The van der Waals surface area contributed by atoms with Crippen LogP contribution in [0.25, 0.3) is 11.0 Å². The topological polar surface area (TPSA) is 67.5 Å². The summed E-state index contributed by atoms with van der Waals surface area (Å²) in [4.78, 5) is 22.0. The molecule has 88 valence electrons. The lowest BCUT2D eigenvalue weighted by Crippen LogP contribution is -2.09. The van der Waals surface area contributed by atoms with Gasteiger partial charge in [-0.25, -0.2) is 4.79 Å². The third-order valence-electron chi connectivity index (χ3n) is 2.37. The van der Waals surface area contributed by atoms with E-state index in [1.807, 2.05) is 0 Å². The molecule has 0 aliphatic heterocycles. The van der Waals surface area contributed by atoms with Crippen molar-refractivity contribution < 1.29 is 14.3 Å². The number of aliphatic carboxylic acids is 1. The molecule has 0 fully saturated rings. The average Bonchev–Trinajstić information content (AvgIpc) is 2.26. The van der Waals surface area contributed by atoms with Crippen molar-refractivity contribution in [2.75, 3.05) is 0 Å². The zero-order valence-corrected chi connectivity index (χ0v) is 9.53. The van der Waals surface area contributed by atoms with Crippen molar-refractivity contribution in [2.45, 2.75) is 12.8 Å². The molecule has 1 aromatic carbocycles. The van der Waals surface area contributed by atoms with Crippen LogP contribution in [0.2, 0.25) is 5.02 Å². The Labute approximate surface area is 101 Å². The standard InChI is InChI=1S/C12H9ClO4/c13-9-2-3-10-8(6-9)5-7(12(16)17-10)1-4-11(14)15/h2-3,5-6H,1,4H2,(H,14,15). The van der Waals surface area contributed by atoms with Crippen LogP contribution in [0, 0.1) is 0 Å². The van der Waals surface area contributed by atoms with Crippen LogP contribution in [-0.2, 0) is 11.2 Å². The maximum absolute atomic E-state index is 11.5. The van der Waals surface area contributed by atoms with Crippen LogP contribution in [0.5, 0.6) is 0 Å². The number of carboxylic acids is 1. The molecule has 5 heteroatoms. The highest BCUT2D eigenvalue weighted by molar-refractivity contribution is 6.31. The summed E-state index contributed by atoms with van der Waals surface area (Å²) in [5, 5.41) is 9.80. The molecule has 0 radical (unpaired) electrons. The molecule has 0 amide bonds. The highest BCUT2D eigenvalue weighted by Crippen LogP contribution is 2.19. The van der Waals surface area contributed by atoms with Gasteiger partial charge in [-0.05, 0) is 30.7 Å². The minimum absolute atomic E-state index is 0.100. The largest absolute Gasteiger partial charge is 0.481 e. The van der Waals surface area contributed by atoms with Crippen molar-refractivity contribution in [3.63, 3.8) is 0 Å². The van der Waals surface area contributed by atoms with Crippen LogP contribution >= 0.6 is 11.6 Å². The maximum atomic E-state index is 11.5. The lowest BCUT2D eigenvalue weighted by molar-refractivity contribution is -0.136. The highest BCUT2D eigenvalue weighted by Gasteiger charge is 2.07. The Bertz CT molecular complexity index is 630. The van der Waals surface area contributed by atoms with Crippen LogP contribution < -0.4 is 5.63 Å². The zero-order chi connectivity index (χ0) is 12.4. The summed E-state index contributed by atoms with van der Waals surface area (Å²) in [6.45, 7) is 0. The number of halogens is 1. The van der Waals surface area contributed by atoms with Gasteiger partial charge >= 0.3 is 11.6 Å². The van der Waals surface area contributed by atoms with Crippen molar-refractivity contribution in [1.82, 2.24) is 0 Å². The average molecular weight is 253 g/mol. The van der Waals surface area contributed by atoms with Gasteiger partial charge in [-0.1, -0.05) is 11.6 Å². The van der Waals surface area contributed by atoms with Crippen LogP contribution in [0.1, 0.15) is 12.0 Å². The fourth-order valence-electron chi connectivity index (χ4n) is 1.55. The fraction of sp³-hybridized carbons (Fsp3) is 0.167. The normalized spacial score (nSPS) is 10.6. The van der Waals surface area contributed by atoms with E-state index in [4.69, 9.17) is 21.1 Å². The summed E-state index contributed by atoms with van der Waals surface area (Å²) in [7, 11) is 0. The second-order valence-electron chi connectivity index (χ2n) is 3.63. The molecule has 17 heavy (non-hydrogen) atoms. The second kappa shape index (κ2) is 4.59. The first-order chi connectivity index (χ1) is 8.06. The van der Waals surface area contributed by atoms with Crippen LogP contribution in [-0.4, -0.2) is 11.1 Å². The lowest BCUT2D eigenvalue weighted by Gasteiger charge is -2.01. The van der Waals surface area contributed by atoms with E-state index in [-0.39, 0.29) is 12.8 Å². The Kier molecular flexibility index (Phi) is 3.15. The van der Waals surface area contributed by atoms with Crippen LogP contribution in [0.15, 0.2) is 33.5 Å². The Morgan fingerprint density at radius 3 is 2.82 bits per heavy atom. The summed E-state index contributed by atoms with van der Waals surface area (Å²) in [5.74, 6) is -0.949. The van der Waals surface area contributed by atoms with Crippen LogP contribution in [0.4, 0.5) is 0 Å². The molecule has 0 aliphatic rings. The molecule has 1 heterocycles. The number of benzene rings is 1. The molecule has 0 bridgehead atoms. The Hall–Kier alpha value is -1.81. The van der Waals surface area contributed by atoms with Crippen molar-refractivity contribution in [3.8, 4) is 0 Å². The van der Waals surface area contributed by atoms with E-state index in [1.165, 1.54) is 0 Å². The first-order valence-corrected chi connectivity index (χ1v) is 5.38. The monoisotopic (exact) mass is 252 g/mol. The zero-order valence-electron chi connectivity index (χ0n) is 8.77. The smallest absolute Gasteiger partial charge is 0.339 e. The van der Waals surface area contributed by atoms with Gasteiger partial charge in [0.2, 0.25) is 0 Å². The van der Waals surface area contributed by atoms with Crippen molar-refractivity contribution >= 4 is 28.5 Å². The summed E-state index contributed by atoms with van der Waals surface area (Å²) in [6, 6.07) is 6.53. The molecular formula is C12H9ClO4. The molecule has 2 aromatic rings. The van der Waals surface area contributed by atoms with E-state index >= 15 is 0 Å². The number of hydrogen-bond acceptors (Lipinski definition) is 3. The second-order valence-corrected chi connectivity index (χ2v) is 4.07. The minimum atomic E-state index is -0.949. The van der Waals surface area contributed by atoms with E-state index in [0.717, 1.165) is 0 Å². The van der Waals surface area contributed by atoms with Gasteiger partial charge in [0.25, 0.3) is 0 Å².